The third kappa shape index (κ3) is 2.32. The third-order valence-electron chi connectivity index (χ3n) is 1.48. The molecule has 1 rings (SSSR count). The van der Waals surface area contributed by atoms with Gasteiger partial charge in [0.1, 0.15) is 0 Å². The molecule has 7 heteroatoms. The van der Waals surface area contributed by atoms with E-state index in [1.54, 1.807) is 0 Å². The van der Waals surface area contributed by atoms with E-state index in [2.05, 4.69) is 0 Å². The quantitative estimate of drug-likeness (QED) is 0.538. The lowest BCUT2D eigenvalue weighted by Gasteiger charge is -2.11. The minimum absolute atomic E-state index is 0.0625. The van der Waals surface area contributed by atoms with Crippen molar-refractivity contribution in [2.45, 2.75) is 9.79 Å². The van der Waals surface area contributed by atoms with Crippen LogP contribution in [0.5, 0.6) is 0 Å². The van der Waals surface area contributed by atoms with Gasteiger partial charge in [-0.05, 0) is 40.4 Å². The van der Waals surface area contributed by atoms with Crippen molar-refractivity contribution in [3.05, 3.63) is 23.8 Å². The van der Waals surface area contributed by atoms with Crippen LogP contribution in [0, 0.1) is 0 Å². The molecule has 0 aliphatic carbocycles. The highest BCUT2D eigenvalue weighted by molar-refractivity contribution is 7.80. The van der Waals surface area contributed by atoms with Gasteiger partial charge in [-0.25, -0.2) is 0 Å². The van der Waals surface area contributed by atoms with E-state index < -0.39 is 22.2 Å². The Balaban J connectivity index is 3.34. The van der Waals surface area contributed by atoms with E-state index in [0.29, 0.717) is 6.29 Å². The Morgan fingerprint density at radius 2 is 1.79 bits per heavy atom. The Bertz CT molecular complexity index is 415. The Hall–Kier alpha value is -0.890. The average molecular weight is 232 g/mol. The second kappa shape index (κ2) is 4.56. The molecule has 0 fully saturated rings. The Kier molecular flexibility index (Phi) is 3.64. The first-order valence-electron chi connectivity index (χ1n) is 3.34. The molecule has 2 unspecified atom stereocenters. The van der Waals surface area contributed by atoms with Gasteiger partial charge in [-0.3, -0.25) is 13.2 Å². The van der Waals surface area contributed by atoms with Crippen LogP contribution in [0.25, 0.3) is 0 Å². The molecule has 0 heterocycles. The smallest absolute Gasteiger partial charge is 0.151 e. The van der Waals surface area contributed by atoms with Crippen molar-refractivity contribution in [3.63, 3.8) is 0 Å². The zero-order chi connectivity index (χ0) is 10.7. The van der Waals surface area contributed by atoms with Crippen LogP contribution in [0.2, 0.25) is 0 Å². The molecule has 1 aromatic rings. The summed E-state index contributed by atoms with van der Waals surface area (Å²) in [5, 5.41) is 0. The van der Waals surface area contributed by atoms with E-state index in [-0.39, 0.29) is 15.4 Å². The van der Waals surface area contributed by atoms with Crippen LogP contribution in [-0.2, 0) is 22.2 Å². The summed E-state index contributed by atoms with van der Waals surface area (Å²) in [6.45, 7) is 0. The molecule has 14 heavy (non-hydrogen) atoms. The molecule has 0 N–H and O–H groups in total. The topological polar surface area (TPSA) is 97.3 Å². The highest BCUT2D eigenvalue weighted by Crippen LogP contribution is 2.15. The fraction of sp³-hybridized carbons (Fsp3) is 0. The van der Waals surface area contributed by atoms with Gasteiger partial charge < -0.3 is 9.11 Å². The summed E-state index contributed by atoms with van der Waals surface area (Å²) in [7, 11) is 0. The molecule has 0 saturated carbocycles. The molecule has 0 bridgehead atoms. The van der Waals surface area contributed by atoms with Crippen LogP contribution in [-0.4, -0.2) is 23.8 Å². The van der Waals surface area contributed by atoms with Crippen LogP contribution in [0.4, 0.5) is 0 Å². The van der Waals surface area contributed by atoms with Crippen LogP contribution < -0.4 is 0 Å². The standard InChI is InChI=1S/C7H6O5S2/c8-4-5-1-2-6(13(9)10)3-7(5)14(11)12/h1-4H,(H,9,10)(H,11,12)/p-2. The summed E-state index contributed by atoms with van der Waals surface area (Å²) < 4.78 is 42.2. The maximum absolute atomic E-state index is 10.6. The minimum Gasteiger partial charge on any atom is -0.768 e. The first kappa shape index (κ1) is 11.2. The zero-order valence-corrected chi connectivity index (χ0v) is 8.30. The van der Waals surface area contributed by atoms with Crippen LogP contribution in [0.15, 0.2) is 28.0 Å². The van der Waals surface area contributed by atoms with Gasteiger partial charge in [-0.15, -0.1) is 0 Å². The van der Waals surface area contributed by atoms with E-state index >= 15 is 0 Å². The molecule has 76 valence electrons. The number of carbonyl (C=O) groups excluding carboxylic acids is 1. The Labute approximate surface area is 84.7 Å². The van der Waals surface area contributed by atoms with Gasteiger partial charge in [0.05, 0.1) is 0 Å². The summed E-state index contributed by atoms with van der Waals surface area (Å²) in [4.78, 5) is 9.90. The molecule has 0 aromatic heterocycles. The van der Waals surface area contributed by atoms with E-state index in [9.17, 15) is 22.3 Å². The number of hydrogen-bond donors (Lipinski definition) is 0. The number of carbonyl (C=O) groups is 1. The molecule has 0 spiro atoms. The lowest BCUT2D eigenvalue weighted by Crippen LogP contribution is -1.98. The van der Waals surface area contributed by atoms with Crippen molar-refractivity contribution < 1.29 is 22.3 Å². The predicted molar refractivity (Wildman–Crippen MR) is 46.2 cm³/mol. The summed E-state index contributed by atoms with van der Waals surface area (Å²) >= 11 is -5.13. The van der Waals surface area contributed by atoms with Crippen molar-refractivity contribution in [3.8, 4) is 0 Å². The largest absolute Gasteiger partial charge is 0.768 e. The van der Waals surface area contributed by atoms with E-state index in [1.165, 1.54) is 0 Å². The SMILES string of the molecule is O=Cc1ccc(S(=O)[O-])cc1S(=O)[O-]. The summed E-state index contributed by atoms with van der Waals surface area (Å²) in [6, 6.07) is 3.22. The molecule has 0 aliphatic heterocycles. The second-order valence-corrected chi connectivity index (χ2v) is 4.14. The first-order chi connectivity index (χ1) is 6.56. The Morgan fingerprint density at radius 1 is 1.14 bits per heavy atom. The minimum atomic E-state index is -2.62. The van der Waals surface area contributed by atoms with Crippen LogP contribution in [0.1, 0.15) is 10.4 Å². The van der Waals surface area contributed by atoms with Gasteiger partial charge in [0, 0.05) is 15.4 Å². The highest BCUT2D eigenvalue weighted by Gasteiger charge is 2.03. The molecule has 2 atom stereocenters. The van der Waals surface area contributed by atoms with Crippen molar-refractivity contribution in [1.82, 2.24) is 0 Å². The highest BCUT2D eigenvalue weighted by atomic mass is 32.2. The molecular weight excluding hydrogens is 228 g/mol. The van der Waals surface area contributed by atoms with Gasteiger partial charge in [-0.1, -0.05) is 0 Å². The molecule has 1 aromatic carbocycles. The van der Waals surface area contributed by atoms with Gasteiger partial charge in [-0.2, -0.15) is 0 Å². The lowest BCUT2D eigenvalue weighted by atomic mass is 10.2. The molecule has 0 aliphatic rings. The molecular formula is C7H4O5S2-2. The van der Waals surface area contributed by atoms with Crippen molar-refractivity contribution in [1.29, 1.82) is 0 Å². The van der Waals surface area contributed by atoms with Crippen LogP contribution in [0.3, 0.4) is 0 Å². The van der Waals surface area contributed by atoms with Gasteiger partial charge in [0.25, 0.3) is 0 Å². The van der Waals surface area contributed by atoms with Crippen molar-refractivity contribution >= 4 is 28.4 Å². The van der Waals surface area contributed by atoms with Crippen molar-refractivity contribution in [2.75, 3.05) is 0 Å². The maximum Gasteiger partial charge on any atom is 0.151 e. The fourth-order valence-electron chi connectivity index (χ4n) is 0.860. The number of hydrogen-bond acceptors (Lipinski definition) is 5. The lowest BCUT2D eigenvalue weighted by molar-refractivity contribution is 0.112. The summed E-state index contributed by atoms with van der Waals surface area (Å²) in [5.41, 5.74) is -0.0625. The van der Waals surface area contributed by atoms with Gasteiger partial charge in [0.2, 0.25) is 0 Å². The monoisotopic (exact) mass is 232 g/mol. The molecule has 0 saturated heterocycles. The number of rotatable bonds is 3. The summed E-state index contributed by atoms with van der Waals surface area (Å²) in [5.74, 6) is 0. The van der Waals surface area contributed by atoms with E-state index in [1.807, 2.05) is 0 Å². The van der Waals surface area contributed by atoms with E-state index in [0.717, 1.165) is 18.2 Å². The maximum atomic E-state index is 10.6. The molecule has 5 nitrogen and oxygen atoms in total. The summed E-state index contributed by atoms with van der Waals surface area (Å²) in [6.07, 6.45) is 0.350. The fourth-order valence-corrected chi connectivity index (χ4v) is 1.86. The van der Waals surface area contributed by atoms with E-state index in [4.69, 9.17) is 0 Å². The second-order valence-electron chi connectivity index (χ2n) is 2.29. The number of aldehydes is 1. The van der Waals surface area contributed by atoms with Gasteiger partial charge in [0.15, 0.2) is 6.29 Å². The van der Waals surface area contributed by atoms with Crippen LogP contribution >= 0.6 is 0 Å². The first-order valence-corrected chi connectivity index (χ1v) is 5.49. The molecule has 0 radical (unpaired) electrons. The third-order valence-corrected chi connectivity index (χ3v) is 2.84. The zero-order valence-electron chi connectivity index (χ0n) is 6.67. The normalized spacial score (nSPS) is 14.7. The predicted octanol–water partition coefficient (Wildman–Crippen LogP) is -0.0249. The Morgan fingerprint density at radius 3 is 2.21 bits per heavy atom. The number of benzene rings is 1. The van der Waals surface area contributed by atoms with Crippen molar-refractivity contribution in [2.24, 2.45) is 0 Å². The van der Waals surface area contributed by atoms with Gasteiger partial charge >= 0.3 is 0 Å². The molecule has 0 amide bonds. The average Bonchev–Trinajstić information content (AvgIpc) is 2.16.